The lowest BCUT2D eigenvalue weighted by molar-refractivity contribution is -0.134. The van der Waals surface area contributed by atoms with Crippen molar-refractivity contribution in [1.29, 1.82) is 0 Å². The molecular formula is C30H31FO4. The van der Waals surface area contributed by atoms with E-state index in [0.717, 1.165) is 36.8 Å². The molecule has 0 heterocycles. The van der Waals surface area contributed by atoms with Crippen molar-refractivity contribution in [3.05, 3.63) is 96.8 Å². The Hall–Kier alpha value is -3.73. The number of hydrogen-bond acceptors (Lipinski definition) is 4. The van der Waals surface area contributed by atoms with Crippen LogP contribution in [0, 0.1) is 5.82 Å². The lowest BCUT2D eigenvalue weighted by atomic mass is 10.1. The smallest absolute Gasteiger partial charge is 0.343 e. The molecule has 0 saturated heterocycles. The summed E-state index contributed by atoms with van der Waals surface area (Å²) in [6.07, 6.45) is 10.1. The minimum atomic E-state index is -0.549. The van der Waals surface area contributed by atoms with Crippen LogP contribution in [0.5, 0.6) is 11.5 Å². The van der Waals surface area contributed by atoms with Crippen molar-refractivity contribution in [3.63, 3.8) is 0 Å². The number of hydrogen-bond donors (Lipinski definition) is 0. The van der Waals surface area contributed by atoms with Gasteiger partial charge in [-0.15, -0.1) is 6.58 Å². The number of benzene rings is 3. The largest absolute Gasteiger partial charge is 0.427 e. The molecule has 0 fully saturated rings. The lowest BCUT2D eigenvalue weighted by Crippen LogP contribution is -2.08. The maximum Gasteiger partial charge on any atom is 0.343 e. The second-order valence-electron chi connectivity index (χ2n) is 8.37. The minimum Gasteiger partial charge on any atom is -0.427 e. The summed E-state index contributed by atoms with van der Waals surface area (Å²) in [5, 5.41) is 0. The zero-order valence-corrected chi connectivity index (χ0v) is 19.9. The molecule has 0 atom stereocenters. The van der Waals surface area contributed by atoms with E-state index in [9.17, 15) is 14.0 Å². The lowest BCUT2D eigenvalue weighted by Gasteiger charge is -2.08. The van der Waals surface area contributed by atoms with E-state index in [0.29, 0.717) is 17.9 Å². The second kappa shape index (κ2) is 13.9. The highest BCUT2D eigenvalue weighted by molar-refractivity contribution is 5.91. The summed E-state index contributed by atoms with van der Waals surface area (Å²) in [5.41, 5.74) is 2.15. The van der Waals surface area contributed by atoms with Gasteiger partial charge < -0.3 is 9.47 Å². The molecule has 0 aliphatic carbocycles. The Balaban J connectivity index is 1.42. The van der Waals surface area contributed by atoms with Gasteiger partial charge in [0.1, 0.15) is 17.3 Å². The predicted molar refractivity (Wildman–Crippen MR) is 136 cm³/mol. The van der Waals surface area contributed by atoms with E-state index in [-0.39, 0.29) is 11.5 Å². The van der Waals surface area contributed by atoms with Gasteiger partial charge in [0.2, 0.25) is 0 Å². The third kappa shape index (κ3) is 8.85. The van der Waals surface area contributed by atoms with Crippen LogP contribution in [0.4, 0.5) is 4.39 Å². The van der Waals surface area contributed by atoms with Crippen LogP contribution in [-0.2, 0) is 4.79 Å². The second-order valence-corrected chi connectivity index (χ2v) is 8.37. The van der Waals surface area contributed by atoms with Gasteiger partial charge in [0.25, 0.3) is 0 Å². The van der Waals surface area contributed by atoms with Crippen molar-refractivity contribution in [2.45, 2.75) is 51.4 Å². The fourth-order valence-electron chi connectivity index (χ4n) is 3.63. The van der Waals surface area contributed by atoms with E-state index in [1.54, 1.807) is 24.3 Å². The van der Waals surface area contributed by atoms with Crippen LogP contribution in [0.2, 0.25) is 0 Å². The van der Waals surface area contributed by atoms with Crippen molar-refractivity contribution < 1.29 is 23.5 Å². The third-order valence-corrected chi connectivity index (χ3v) is 5.60. The number of allylic oxidation sites excluding steroid dienone is 1. The first-order valence-corrected chi connectivity index (χ1v) is 12.0. The van der Waals surface area contributed by atoms with Crippen molar-refractivity contribution in [1.82, 2.24) is 0 Å². The van der Waals surface area contributed by atoms with Crippen LogP contribution < -0.4 is 9.47 Å². The van der Waals surface area contributed by atoms with E-state index in [1.165, 1.54) is 43.5 Å². The molecule has 0 aromatic heterocycles. The van der Waals surface area contributed by atoms with E-state index >= 15 is 0 Å². The highest BCUT2D eigenvalue weighted by Gasteiger charge is 2.09. The molecule has 3 rings (SSSR count). The van der Waals surface area contributed by atoms with E-state index in [2.05, 4.69) is 6.58 Å². The number of halogens is 1. The van der Waals surface area contributed by atoms with Crippen LogP contribution in [0.1, 0.15) is 61.7 Å². The number of carbonyl (C=O) groups excluding carboxylic acids is 2. The molecule has 0 aliphatic heterocycles. The Bertz CT molecular complexity index is 1090. The first-order chi connectivity index (χ1) is 17.0. The van der Waals surface area contributed by atoms with Gasteiger partial charge in [-0.05, 0) is 78.9 Å². The average Bonchev–Trinajstić information content (AvgIpc) is 2.87. The molecule has 0 amide bonds. The number of carbonyl (C=O) groups is 2. The van der Waals surface area contributed by atoms with E-state index in [4.69, 9.17) is 9.47 Å². The monoisotopic (exact) mass is 474 g/mol. The zero-order chi connectivity index (χ0) is 24.9. The zero-order valence-electron chi connectivity index (χ0n) is 19.9. The summed E-state index contributed by atoms with van der Waals surface area (Å²) in [5.74, 6) is -0.254. The van der Waals surface area contributed by atoms with Crippen molar-refractivity contribution >= 4 is 11.9 Å². The Morgan fingerprint density at radius 2 is 1.20 bits per heavy atom. The van der Waals surface area contributed by atoms with Crippen LogP contribution in [0.3, 0.4) is 0 Å². The van der Waals surface area contributed by atoms with Gasteiger partial charge >= 0.3 is 11.9 Å². The summed E-state index contributed by atoms with van der Waals surface area (Å²) in [7, 11) is 0. The normalized spacial score (nSPS) is 10.5. The summed E-state index contributed by atoms with van der Waals surface area (Å²) in [6.45, 7) is 3.73. The SMILES string of the molecule is C=CCCCCCCCCC(=O)Oc1ccc(-c2ccc(OC(=O)c3ccc(F)cc3)cc2)cc1. The van der Waals surface area contributed by atoms with E-state index < -0.39 is 11.8 Å². The maximum atomic E-state index is 13.0. The van der Waals surface area contributed by atoms with Crippen molar-refractivity contribution in [2.24, 2.45) is 0 Å². The molecule has 0 radical (unpaired) electrons. The van der Waals surface area contributed by atoms with Gasteiger partial charge in [0, 0.05) is 6.42 Å². The Labute approximate surface area is 206 Å². The molecule has 0 bridgehead atoms. The molecule has 5 heteroatoms. The minimum absolute atomic E-state index is 0.211. The van der Waals surface area contributed by atoms with Crippen LogP contribution in [0.15, 0.2) is 85.5 Å². The fraction of sp³-hybridized carbons (Fsp3) is 0.267. The highest BCUT2D eigenvalue weighted by atomic mass is 19.1. The molecule has 3 aromatic rings. The van der Waals surface area contributed by atoms with Crippen LogP contribution >= 0.6 is 0 Å². The standard InChI is InChI=1S/C30H31FO4/c1-2-3-4-5-6-7-8-9-10-29(32)34-27-19-13-23(14-20-27)24-15-21-28(22-16-24)35-30(33)25-11-17-26(31)18-12-25/h2,11-22H,1,3-10H2. The van der Waals surface area contributed by atoms with Crippen molar-refractivity contribution in [2.75, 3.05) is 0 Å². The number of ether oxygens (including phenoxy) is 2. The van der Waals surface area contributed by atoms with Gasteiger partial charge in [-0.25, -0.2) is 9.18 Å². The molecule has 0 spiro atoms. The number of esters is 2. The molecule has 3 aromatic carbocycles. The molecule has 0 N–H and O–H groups in total. The molecule has 0 saturated carbocycles. The third-order valence-electron chi connectivity index (χ3n) is 5.60. The molecule has 182 valence electrons. The van der Waals surface area contributed by atoms with Gasteiger partial charge in [-0.2, -0.15) is 0 Å². The van der Waals surface area contributed by atoms with E-state index in [1.807, 2.05) is 30.3 Å². The summed E-state index contributed by atoms with van der Waals surface area (Å²) < 4.78 is 23.8. The Morgan fingerprint density at radius 1 is 0.686 bits per heavy atom. The molecule has 0 aliphatic rings. The Kier molecular flexibility index (Phi) is 10.2. The van der Waals surface area contributed by atoms with Crippen LogP contribution in [0.25, 0.3) is 11.1 Å². The first kappa shape index (κ1) is 25.9. The predicted octanol–water partition coefficient (Wildman–Crippen LogP) is 7.92. The van der Waals surface area contributed by atoms with Gasteiger partial charge in [-0.3, -0.25) is 4.79 Å². The van der Waals surface area contributed by atoms with Gasteiger partial charge in [-0.1, -0.05) is 56.0 Å². The topological polar surface area (TPSA) is 52.6 Å². The average molecular weight is 475 g/mol. The molecule has 4 nitrogen and oxygen atoms in total. The molecule has 0 unspecified atom stereocenters. The van der Waals surface area contributed by atoms with Crippen LogP contribution in [-0.4, -0.2) is 11.9 Å². The highest BCUT2D eigenvalue weighted by Crippen LogP contribution is 2.25. The van der Waals surface area contributed by atoms with Crippen molar-refractivity contribution in [3.8, 4) is 22.6 Å². The number of unbranched alkanes of at least 4 members (excludes halogenated alkanes) is 6. The molecule has 35 heavy (non-hydrogen) atoms. The fourth-order valence-corrected chi connectivity index (χ4v) is 3.63. The summed E-state index contributed by atoms with van der Waals surface area (Å²) in [4.78, 5) is 24.3. The number of rotatable bonds is 13. The summed E-state index contributed by atoms with van der Waals surface area (Å²) >= 11 is 0. The van der Waals surface area contributed by atoms with Gasteiger partial charge in [0.05, 0.1) is 5.56 Å². The van der Waals surface area contributed by atoms with Gasteiger partial charge in [0.15, 0.2) is 0 Å². The maximum absolute atomic E-state index is 13.0. The Morgan fingerprint density at radius 3 is 1.77 bits per heavy atom. The quantitative estimate of drug-likeness (QED) is 0.109. The first-order valence-electron chi connectivity index (χ1n) is 12.0. The molecular weight excluding hydrogens is 443 g/mol. The summed E-state index contributed by atoms with van der Waals surface area (Å²) in [6, 6.07) is 19.6.